The van der Waals surface area contributed by atoms with Gasteiger partial charge >= 0.3 is 0 Å². The molecule has 0 amide bonds. The van der Waals surface area contributed by atoms with Gasteiger partial charge in [0.25, 0.3) is 0 Å². The number of rotatable bonds is 1. The lowest BCUT2D eigenvalue weighted by atomic mass is 10.2. The number of benzene rings is 1. The van der Waals surface area contributed by atoms with Crippen molar-refractivity contribution in [2.75, 3.05) is 7.05 Å². The molecule has 0 atom stereocenters. The van der Waals surface area contributed by atoms with Crippen LogP contribution >= 0.6 is 12.2 Å². The Morgan fingerprint density at radius 2 is 2.29 bits per heavy atom. The van der Waals surface area contributed by atoms with Crippen molar-refractivity contribution < 1.29 is 0 Å². The van der Waals surface area contributed by atoms with Crippen LogP contribution in [0.5, 0.6) is 0 Å². The molecule has 0 saturated heterocycles. The maximum absolute atomic E-state index is 5.15. The zero-order valence-electron chi connectivity index (χ0n) is 8.09. The molecular formula is C10H11N3S. The highest BCUT2D eigenvalue weighted by molar-refractivity contribution is 7.80. The van der Waals surface area contributed by atoms with Crippen molar-refractivity contribution in [2.45, 2.75) is 6.92 Å². The normalized spacial score (nSPS) is 10.4. The number of imidazole rings is 1. The zero-order valence-corrected chi connectivity index (χ0v) is 8.90. The lowest BCUT2D eigenvalue weighted by molar-refractivity contribution is 1.17. The van der Waals surface area contributed by atoms with Gasteiger partial charge in [-0.15, -0.1) is 0 Å². The van der Waals surface area contributed by atoms with Gasteiger partial charge in [0.15, 0.2) is 0 Å². The Hall–Kier alpha value is -1.42. The van der Waals surface area contributed by atoms with Gasteiger partial charge in [-0.05, 0) is 25.1 Å². The van der Waals surface area contributed by atoms with E-state index in [4.69, 9.17) is 12.2 Å². The first-order chi connectivity index (χ1) is 6.70. The molecule has 14 heavy (non-hydrogen) atoms. The Morgan fingerprint density at radius 1 is 1.50 bits per heavy atom. The highest BCUT2D eigenvalue weighted by Crippen LogP contribution is 2.13. The van der Waals surface area contributed by atoms with Crippen molar-refractivity contribution in [3.8, 4) is 0 Å². The van der Waals surface area contributed by atoms with Crippen molar-refractivity contribution in [3.63, 3.8) is 0 Å². The van der Waals surface area contributed by atoms with Gasteiger partial charge < -0.3 is 10.3 Å². The summed E-state index contributed by atoms with van der Waals surface area (Å²) in [4.78, 5) is 8.25. The number of fused-ring (bicyclic) bond motifs is 1. The molecule has 2 aromatic rings. The first-order valence-corrected chi connectivity index (χ1v) is 4.80. The first-order valence-electron chi connectivity index (χ1n) is 4.39. The van der Waals surface area contributed by atoms with Crippen LogP contribution in [0.1, 0.15) is 11.4 Å². The minimum Gasteiger partial charge on any atom is -0.379 e. The third kappa shape index (κ3) is 1.48. The molecule has 2 N–H and O–H groups in total. The van der Waals surface area contributed by atoms with Crippen LogP contribution in [0.25, 0.3) is 11.0 Å². The van der Waals surface area contributed by atoms with Crippen LogP contribution in [-0.4, -0.2) is 22.0 Å². The Labute approximate surface area is 87.5 Å². The quantitative estimate of drug-likeness (QED) is 0.697. The molecule has 1 aromatic heterocycles. The number of nitrogens with zero attached hydrogens (tertiary/aromatic N) is 1. The topological polar surface area (TPSA) is 40.7 Å². The summed E-state index contributed by atoms with van der Waals surface area (Å²) in [5.74, 6) is 0.924. The molecule has 0 aliphatic heterocycles. The Kier molecular flexibility index (Phi) is 2.21. The number of hydrogen-bond acceptors (Lipinski definition) is 2. The second kappa shape index (κ2) is 3.38. The Balaban J connectivity index is 2.55. The van der Waals surface area contributed by atoms with Crippen LogP contribution in [0.2, 0.25) is 0 Å². The predicted molar refractivity (Wildman–Crippen MR) is 61.6 cm³/mol. The van der Waals surface area contributed by atoms with Gasteiger partial charge in [0.1, 0.15) is 10.8 Å². The summed E-state index contributed by atoms with van der Waals surface area (Å²) >= 11 is 5.15. The molecule has 1 aromatic carbocycles. The molecule has 0 fully saturated rings. The second-order valence-electron chi connectivity index (χ2n) is 3.13. The van der Waals surface area contributed by atoms with E-state index in [9.17, 15) is 0 Å². The van der Waals surface area contributed by atoms with Crippen molar-refractivity contribution in [1.82, 2.24) is 15.3 Å². The average molecular weight is 205 g/mol. The number of thiocarbonyl (C=S) groups is 1. The summed E-state index contributed by atoms with van der Waals surface area (Å²) in [5, 5.41) is 2.95. The van der Waals surface area contributed by atoms with Crippen molar-refractivity contribution in [3.05, 3.63) is 29.6 Å². The minimum absolute atomic E-state index is 0.749. The lowest BCUT2D eigenvalue weighted by Gasteiger charge is -2.01. The van der Waals surface area contributed by atoms with E-state index < -0.39 is 0 Å². The maximum atomic E-state index is 5.15. The molecule has 4 heteroatoms. The van der Waals surface area contributed by atoms with E-state index in [2.05, 4.69) is 15.3 Å². The van der Waals surface area contributed by atoms with Gasteiger partial charge in [-0.25, -0.2) is 4.98 Å². The number of nitrogens with one attached hydrogen (secondary N) is 2. The zero-order chi connectivity index (χ0) is 10.1. The molecule has 72 valence electrons. The fraction of sp³-hybridized carbons (Fsp3) is 0.200. The molecule has 0 bridgehead atoms. The summed E-state index contributed by atoms with van der Waals surface area (Å²) in [6, 6.07) is 5.95. The summed E-state index contributed by atoms with van der Waals surface area (Å²) in [6.45, 7) is 1.94. The van der Waals surface area contributed by atoms with Gasteiger partial charge in [-0.2, -0.15) is 0 Å². The first kappa shape index (κ1) is 9.15. The Morgan fingerprint density at radius 3 is 3.00 bits per heavy atom. The highest BCUT2D eigenvalue weighted by atomic mass is 32.1. The fourth-order valence-corrected chi connectivity index (χ4v) is 1.55. The number of aromatic nitrogens is 2. The minimum atomic E-state index is 0.749. The lowest BCUT2D eigenvalue weighted by Crippen LogP contribution is -2.16. The molecule has 0 radical (unpaired) electrons. The Bertz CT molecular complexity index is 487. The smallest absolute Gasteiger partial charge is 0.106 e. The van der Waals surface area contributed by atoms with E-state index in [-0.39, 0.29) is 0 Å². The van der Waals surface area contributed by atoms with Crippen LogP contribution in [0.3, 0.4) is 0 Å². The fourth-order valence-electron chi connectivity index (χ4n) is 1.42. The standard InChI is InChI=1S/C10H11N3S/c1-6-12-8-4-3-7(10(14)11-2)5-9(8)13-6/h3-5H,1-2H3,(H,11,14)(H,12,13). The maximum Gasteiger partial charge on any atom is 0.106 e. The molecular weight excluding hydrogens is 194 g/mol. The van der Waals surface area contributed by atoms with Crippen LogP contribution < -0.4 is 5.32 Å². The molecule has 0 aliphatic carbocycles. The summed E-state index contributed by atoms with van der Waals surface area (Å²) in [7, 11) is 1.82. The largest absolute Gasteiger partial charge is 0.379 e. The second-order valence-corrected chi connectivity index (χ2v) is 3.54. The van der Waals surface area contributed by atoms with E-state index in [0.717, 1.165) is 27.4 Å². The van der Waals surface area contributed by atoms with Gasteiger partial charge in [-0.3, -0.25) is 0 Å². The van der Waals surface area contributed by atoms with Crippen molar-refractivity contribution in [2.24, 2.45) is 0 Å². The van der Waals surface area contributed by atoms with E-state index in [1.54, 1.807) is 0 Å². The van der Waals surface area contributed by atoms with Gasteiger partial charge in [0.2, 0.25) is 0 Å². The third-order valence-electron chi connectivity index (χ3n) is 2.09. The summed E-state index contributed by atoms with van der Waals surface area (Å²) < 4.78 is 0. The van der Waals surface area contributed by atoms with Crippen LogP contribution in [0.4, 0.5) is 0 Å². The monoisotopic (exact) mass is 205 g/mol. The van der Waals surface area contributed by atoms with E-state index in [1.807, 2.05) is 32.2 Å². The number of aryl methyl sites for hydroxylation is 1. The molecule has 0 spiro atoms. The SMILES string of the molecule is CNC(=S)c1ccc2nc(C)[nH]c2c1. The van der Waals surface area contributed by atoms with Crippen LogP contribution in [0.15, 0.2) is 18.2 Å². The average Bonchev–Trinajstić information content (AvgIpc) is 2.55. The van der Waals surface area contributed by atoms with Gasteiger partial charge in [0.05, 0.1) is 11.0 Å². The summed E-state index contributed by atoms with van der Waals surface area (Å²) in [5.41, 5.74) is 3.02. The third-order valence-corrected chi connectivity index (χ3v) is 2.53. The molecule has 2 rings (SSSR count). The van der Waals surface area contributed by atoms with E-state index >= 15 is 0 Å². The predicted octanol–water partition coefficient (Wildman–Crippen LogP) is 1.77. The van der Waals surface area contributed by atoms with Gasteiger partial charge in [-0.1, -0.05) is 12.2 Å². The number of H-pyrrole nitrogens is 1. The summed E-state index contributed by atoms with van der Waals surface area (Å²) in [6.07, 6.45) is 0. The number of hydrogen-bond donors (Lipinski definition) is 2. The van der Waals surface area contributed by atoms with E-state index in [1.165, 1.54) is 0 Å². The van der Waals surface area contributed by atoms with E-state index in [0.29, 0.717) is 0 Å². The number of aromatic amines is 1. The molecule has 0 aliphatic rings. The molecule has 1 heterocycles. The van der Waals surface area contributed by atoms with Crippen LogP contribution in [-0.2, 0) is 0 Å². The molecule has 3 nitrogen and oxygen atoms in total. The van der Waals surface area contributed by atoms with Crippen molar-refractivity contribution in [1.29, 1.82) is 0 Å². The molecule has 0 unspecified atom stereocenters. The van der Waals surface area contributed by atoms with Crippen molar-refractivity contribution >= 4 is 28.2 Å². The molecule has 0 saturated carbocycles. The van der Waals surface area contributed by atoms with Gasteiger partial charge in [0, 0.05) is 12.6 Å². The highest BCUT2D eigenvalue weighted by Gasteiger charge is 2.02. The van der Waals surface area contributed by atoms with Crippen LogP contribution in [0, 0.1) is 6.92 Å².